The summed E-state index contributed by atoms with van der Waals surface area (Å²) in [7, 11) is 0. The third-order valence-electron chi connectivity index (χ3n) is 2.48. The smallest absolute Gasteiger partial charge is 0.307 e. The zero-order valence-electron chi connectivity index (χ0n) is 9.43. The van der Waals surface area contributed by atoms with Crippen molar-refractivity contribution in [2.45, 2.75) is 26.2 Å². The molecule has 0 fully saturated rings. The highest BCUT2D eigenvalue weighted by molar-refractivity contribution is 5.79. The molecular weight excluding hydrogens is 208 g/mol. The van der Waals surface area contributed by atoms with E-state index in [9.17, 15) is 9.59 Å². The van der Waals surface area contributed by atoms with E-state index in [-0.39, 0.29) is 0 Å². The van der Waals surface area contributed by atoms with E-state index in [1.54, 1.807) is 25.2 Å². The van der Waals surface area contributed by atoms with Crippen LogP contribution in [0.5, 0.6) is 0 Å². The fraction of sp³-hybridized carbons (Fsp3) is 0.500. The number of aliphatic carboxylic acids is 2. The minimum absolute atomic E-state index is 0.331. The van der Waals surface area contributed by atoms with Crippen molar-refractivity contribution >= 4 is 11.9 Å². The second-order valence-corrected chi connectivity index (χ2v) is 3.54. The molecule has 4 nitrogen and oxygen atoms in total. The topological polar surface area (TPSA) is 74.6 Å². The van der Waals surface area contributed by atoms with E-state index in [2.05, 4.69) is 6.58 Å². The standard InChI is InChI=1S/C12H18O4/c1-3-5-6-7-8-10(12(15)16)9(4-2)11(13)14/h3,5-6,9-10H,1,4,7-8H2,2H3,(H,13,14)(H,15,16). The van der Waals surface area contributed by atoms with Gasteiger partial charge in [-0.1, -0.05) is 31.7 Å². The first-order valence-corrected chi connectivity index (χ1v) is 5.27. The number of rotatable bonds is 8. The van der Waals surface area contributed by atoms with Crippen LogP contribution < -0.4 is 0 Å². The van der Waals surface area contributed by atoms with Crippen LogP contribution in [0.1, 0.15) is 26.2 Å². The van der Waals surface area contributed by atoms with Gasteiger partial charge in [-0.25, -0.2) is 0 Å². The summed E-state index contributed by atoms with van der Waals surface area (Å²) in [6.07, 6.45) is 6.33. The number of hydrogen-bond donors (Lipinski definition) is 2. The maximum Gasteiger partial charge on any atom is 0.307 e. The van der Waals surface area contributed by atoms with Gasteiger partial charge in [0.25, 0.3) is 0 Å². The van der Waals surface area contributed by atoms with E-state index >= 15 is 0 Å². The van der Waals surface area contributed by atoms with Crippen LogP contribution in [0, 0.1) is 11.8 Å². The number of carboxylic acids is 2. The van der Waals surface area contributed by atoms with Gasteiger partial charge in [-0.05, 0) is 19.3 Å². The van der Waals surface area contributed by atoms with Crippen molar-refractivity contribution in [2.75, 3.05) is 0 Å². The third-order valence-corrected chi connectivity index (χ3v) is 2.48. The molecule has 0 heterocycles. The minimum atomic E-state index is -1.04. The molecule has 90 valence electrons. The van der Waals surface area contributed by atoms with Gasteiger partial charge in [0.15, 0.2) is 0 Å². The summed E-state index contributed by atoms with van der Waals surface area (Å²) in [4.78, 5) is 21.8. The second-order valence-electron chi connectivity index (χ2n) is 3.54. The summed E-state index contributed by atoms with van der Waals surface area (Å²) in [5.41, 5.74) is 0. The Balaban J connectivity index is 4.47. The third kappa shape index (κ3) is 4.77. The highest BCUT2D eigenvalue weighted by Crippen LogP contribution is 2.22. The summed E-state index contributed by atoms with van der Waals surface area (Å²) in [6.45, 7) is 5.18. The van der Waals surface area contributed by atoms with E-state index in [1.165, 1.54) is 0 Å². The molecule has 0 saturated carbocycles. The average molecular weight is 226 g/mol. The van der Waals surface area contributed by atoms with Crippen molar-refractivity contribution in [3.05, 3.63) is 24.8 Å². The summed E-state index contributed by atoms with van der Waals surface area (Å²) in [5.74, 6) is -3.71. The summed E-state index contributed by atoms with van der Waals surface area (Å²) in [6, 6.07) is 0. The predicted octanol–water partition coefficient (Wildman–Crippen LogP) is 2.32. The fourth-order valence-electron chi connectivity index (χ4n) is 1.60. The van der Waals surface area contributed by atoms with Gasteiger partial charge in [0, 0.05) is 0 Å². The van der Waals surface area contributed by atoms with Crippen LogP contribution in [0.4, 0.5) is 0 Å². The molecule has 0 aromatic heterocycles. The van der Waals surface area contributed by atoms with Gasteiger partial charge in [-0.3, -0.25) is 9.59 Å². The number of hydrogen-bond acceptors (Lipinski definition) is 2. The molecule has 0 amide bonds. The molecule has 0 saturated heterocycles. The SMILES string of the molecule is C=CC=CCCC(C(=O)O)C(CC)C(=O)O. The first kappa shape index (κ1) is 14.4. The Morgan fingerprint density at radius 2 is 1.81 bits per heavy atom. The van der Waals surface area contributed by atoms with Gasteiger partial charge >= 0.3 is 11.9 Å². The highest BCUT2D eigenvalue weighted by atomic mass is 16.4. The lowest BCUT2D eigenvalue weighted by Crippen LogP contribution is -2.29. The molecule has 0 aliphatic carbocycles. The zero-order valence-corrected chi connectivity index (χ0v) is 9.43. The molecule has 0 aromatic rings. The van der Waals surface area contributed by atoms with Gasteiger partial charge in [-0.2, -0.15) is 0 Å². The lowest BCUT2D eigenvalue weighted by atomic mass is 9.86. The van der Waals surface area contributed by atoms with Crippen molar-refractivity contribution in [2.24, 2.45) is 11.8 Å². The molecule has 0 bridgehead atoms. The summed E-state index contributed by atoms with van der Waals surface area (Å²) < 4.78 is 0. The van der Waals surface area contributed by atoms with E-state index in [1.807, 2.05) is 0 Å². The molecule has 0 spiro atoms. The largest absolute Gasteiger partial charge is 0.481 e. The Morgan fingerprint density at radius 1 is 1.25 bits per heavy atom. The minimum Gasteiger partial charge on any atom is -0.481 e. The van der Waals surface area contributed by atoms with Crippen molar-refractivity contribution in [3.63, 3.8) is 0 Å². The predicted molar refractivity (Wildman–Crippen MR) is 61.1 cm³/mol. The van der Waals surface area contributed by atoms with Crippen molar-refractivity contribution < 1.29 is 19.8 Å². The van der Waals surface area contributed by atoms with Crippen LogP contribution in [0.25, 0.3) is 0 Å². The van der Waals surface area contributed by atoms with Gasteiger partial charge in [0.2, 0.25) is 0 Å². The normalized spacial score (nSPS) is 14.6. The van der Waals surface area contributed by atoms with E-state index in [0.29, 0.717) is 19.3 Å². The summed E-state index contributed by atoms with van der Waals surface area (Å²) >= 11 is 0. The lowest BCUT2D eigenvalue weighted by molar-refractivity contribution is -0.154. The number of allylic oxidation sites excluding steroid dienone is 3. The maximum atomic E-state index is 11.0. The van der Waals surface area contributed by atoms with Gasteiger partial charge in [0.1, 0.15) is 0 Å². The molecule has 2 unspecified atom stereocenters. The van der Waals surface area contributed by atoms with Crippen LogP contribution in [-0.4, -0.2) is 22.2 Å². The second kappa shape index (κ2) is 7.68. The molecule has 0 rings (SSSR count). The Kier molecular flexibility index (Phi) is 6.92. The van der Waals surface area contributed by atoms with Crippen LogP contribution in [0.2, 0.25) is 0 Å². The van der Waals surface area contributed by atoms with Crippen LogP contribution >= 0.6 is 0 Å². The lowest BCUT2D eigenvalue weighted by Gasteiger charge is -2.17. The zero-order chi connectivity index (χ0) is 12.6. The van der Waals surface area contributed by atoms with Crippen molar-refractivity contribution in [3.8, 4) is 0 Å². The Bertz CT molecular complexity index is 281. The molecule has 0 aliphatic rings. The van der Waals surface area contributed by atoms with Crippen molar-refractivity contribution in [1.82, 2.24) is 0 Å². The van der Waals surface area contributed by atoms with Gasteiger partial charge < -0.3 is 10.2 Å². The Hall–Kier alpha value is -1.58. The summed E-state index contributed by atoms with van der Waals surface area (Å²) in [5, 5.41) is 17.9. The number of carbonyl (C=O) groups is 2. The van der Waals surface area contributed by atoms with Gasteiger partial charge in [0.05, 0.1) is 11.8 Å². The molecule has 0 aromatic carbocycles. The monoisotopic (exact) mass is 226 g/mol. The molecule has 2 N–H and O–H groups in total. The van der Waals surface area contributed by atoms with E-state index in [4.69, 9.17) is 10.2 Å². The highest BCUT2D eigenvalue weighted by Gasteiger charge is 2.31. The molecule has 2 atom stereocenters. The van der Waals surface area contributed by atoms with Gasteiger partial charge in [-0.15, -0.1) is 0 Å². The molecule has 4 heteroatoms. The Labute approximate surface area is 95.3 Å². The first-order valence-electron chi connectivity index (χ1n) is 5.27. The average Bonchev–Trinajstić information content (AvgIpc) is 2.21. The first-order chi connectivity index (χ1) is 7.54. The molecule has 0 radical (unpaired) electrons. The maximum absolute atomic E-state index is 11.0. The van der Waals surface area contributed by atoms with Crippen LogP contribution in [0.15, 0.2) is 24.8 Å². The molecule has 16 heavy (non-hydrogen) atoms. The van der Waals surface area contributed by atoms with E-state index < -0.39 is 23.8 Å². The van der Waals surface area contributed by atoms with E-state index in [0.717, 1.165) is 0 Å². The molecular formula is C12H18O4. The van der Waals surface area contributed by atoms with Crippen LogP contribution in [-0.2, 0) is 9.59 Å². The van der Waals surface area contributed by atoms with Crippen molar-refractivity contribution in [1.29, 1.82) is 0 Å². The van der Waals surface area contributed by atoms with Crippen LogP contribution in [0.3, 0.4) is 0 Å². The molecule has 0 aliphatic heterocycles. The quantitative estimate of drug-likeness (QED) is 0.623. The number of carboxylic acid groups (broad SMARTS) is 2. The Morgan fingerprint density at radius 3 is 2.19 bits per heavy atom. The fourth-order valence-corrected chi connectivity index (χ4v) is 1.60.